The summed E-state index contributed by atoms with van der Waals surface area (Å²) >= 11 is 0. The summed E-state index contributed by atoms with van der Waals surface area (Å²) in [5.74, 6) is 0. The molecule has 0 amide bonds. The summed E-state index contributed by atoms with van der Waals surface area (Å²) in [6, 6.07) is 0. The van der Waals surface area contributed by atoms with Crippen molar-refractivity contribution in [1.29, 1.82) is 0 Å². The van der Waals surface area contributed by atoms with E-state index in [0.29, 0.717) is 5.41 Å². The molecule has 0 nitrogen and oxygen atoms in total. The van der Waals surface area contributed by atoms with Crippen LogP contribution in [0.1, 0.15) is 41.0 Å². The maximum Gasteiger partial charge on any atom is 0.00431 e. The smallest absolute Gasteiger partial charge is 0.00431 e. The van der Waals surface area contributed by atoms with Gasteiger partial charge in [0.15, 0.2) is 0 Å². The summed E-state index contributed by atoms with van der Waals surface area (Å²) < 4.78 is 0. The van der Waals surface area contributed by atoms with Crippen LogP contribution in [0.5, 0.6) is 0 Å². The molecule has 0 heteroatoms. The second-order valence-corrected chi connectivity index (χ2v) is 3.99. The number of hydrogen-bond donors (Lipinski definition) is 0. The maximum absolute atomic E-state index is 2.40. The second-order valence-electron chi connectivity index (χ2n) is 3.99. The predicted molar refractivity (Wildman–Crippen MR) is 50.5 cm³/mol. The van der Waals surface area contributed by atoms with E-state index in [-0.39, 0.29) is 0 Å². The van der Waals surface area contributed by atoms with Gasteiger partial charge in [-0.2, -0.15) is 0 Å². The topological polar surface area (TPSA) is 0 Å². The largest absolute Gasteiger partial charge is 0.0713 e. The van der Waals surface area contributed by atoms with Gasteiger partial charge >= 0.3 is 0 Å². The van der Waals surface area contributed by atoms with Crippen molar-refractivity contribution < 1.29 is 0 Å². The molecule has 0 aliphatic heterocycles. The van der Waals surface area contributed by atoms with Crippen LogP contribution < -0.4 is 0 Å². The maximum atomic E-state index is 2.40. The van der Waals surface area contributed by atoms with Gasteiger partial charge in [0.05, 0.1) is 0 Å². The van der Waals surface area contributed by atoms with Crippen molar-refractivity contribution in [2.45, 2.75) is 41.0 Å². The molecule has 0 aromatic heterocycles. The zero-order chi connectivity index (χ0) is 8.65. The molecule has 0 heterocycles. The van der Waals surface area contributed by atoms with Crippen LogP contribution in [0.3, 0.4) is 0 Å². The quantitative estimate of drug-likeness (QED) is 0.534. The van der Waals surface area contributed by atoms with E-state index in [4.69, 9.17) is 0 Å². The van der Waals surface area contributed by atoms with Crippen molar-refractivity contribution in [3.63, 3.8) is 0 Å². The number of rotatable bonds is 1. The van der Waals surface area contributed by atoms with Crippen LogP contribution >= 0.6 is 0 Å². The van der Waals surface area contributed by atoms with E-state index >= 15 is 0 Å². The van der Waals surface area contributed by atoms with Crippen LogP contribution in [0.15, 0.2) is 22.8 Å². The third-order valence-corrected chi connectivity index (χ3v) is 2.93. The van der Waals surface area contributed by atoms with Crippen molar-refractivity contribution in [3.05, 3.63) is 22.8 Å². The predicted octanol–water partition coefficient (Wildman–Crippen LogP) is 3.70. The molecule has 62 valence electrons. The summed E-state index contributed by atoms with van der Waals surface area (Å²) in [7, 11) is 0. The fourth-order valence-corrected chi connectivity index (χ4v) is 1.74. The van der Waals surface area contributed by atoms with E-state index in [0.717, 1.165) is 0 Å². The molecule has 0 radical (unpaired) electrons. The Bertz CT molecular complexity index is 226. The second kappa shape index (κ2) is 2.51. The summed E-state index contributed by atoms with van der Waals surface area (Å²) in [6.45, 7) is 11.3. The Kier molecular flexibility index (Phi) is 1.96. The minimum absolute atomic E-state index is 0.315. The van der Waals surface area contributed by atoms with Crippen LogP contribution in [-0.4, -0.2) is 0 Å². The highest BCUT2D eigenvalue weighted by molar-refractivity contribution is 5.45. The molecular weight excluding hydrogens is 132 g/mol. The van der Waals surface area contributed by atoms with Crippen molar-refractivity contribution in [2.24, 2.45) is 5.41 Å². The number of hydrogen-bond acceptors (Lipinski definition) is 0. The average Bonchev–Trinajstić information content (AvgIpc) is 2.13. The molecule has 0 N–H and O–H groups in total. The fourth-order valence-electron chi connectivity index (χ4n) is 1.74. The van der Waals surface area contributed by atoms with E-state index in [1.54, 1.807) is 0 Å². The van der Waals surface area contributed by atoms with E-state index < -0.39 is 0 Å². The summed E-state index contributed by atoms with van der Waals surface area (Å²) in [5.41, 5.74) is 4.90. The summed E-state index contributed by atoms with van der Waals surface area (Å²) in [6.07, 6.45) is 3.57. The van der Waals surface area contributed by atoms with Crippen LogP contribution in [0, 0.1) is 5.41 Å². The zero-order valence-corrected chi connectivity index (χ0v) is 8.28. The van der Waals surface area contributed by atoms with E-state index in [9.17, 15) is 0 Å². The third-order valence-electron chi connectivity index (χ3n) is 2.93. The van der Waals surface area contributed by atoms with E-state index in [1.165, 1.54) is 23.1 Å². The van der Waals surface area contributed by atoms with Crippen LogP contribution in [0.25, 0.3) is 0 Å². The lowest BCUT2D eigenvalue weighted by molar-refractivity contribution is 0.587. The monoisotopic (exact) mass is 150 g/mol. The molecule has 0 fully saturated rings. The SMILES string of the molecule is CCC1=CC(C)(C)C(C)=C1C. The Hall–Kier alpha value is -0.520. The van der Waals surface area contributed by atoms with Crippen molar-refractivity contribution >= 4 is 0 Å². The van der Waals surface area contributed by atoms with Gasteiger partial charge < -0.3 is 0 Å². The lowest BCUT2D eigenvalue weighted by Gasteiger charge is -2.17. The molecule has 0 saturated heterocycles. The summed E-state index contributed by atoms with van der Waals surface area (Å²) in [5, 5.41) is 0. The van der Waals surface area contributed by atoms with Crippen LogP contribution in [0.4, 0.5) is 0 Å². The molecular formula is C11H18. The molecule has 0 saturated carbocycles. The molecule has 1 aliphatic carbocycles. The first-order valence-corrected chi connectivity index (χ1v) is 4.39. The van der Waals surface area contributed by atoms with E-state index in [2.05, 4.69) is 40.7 Å². The van der Waals surface area contributed by atoms with Crippen LogP contribution in [-0.2, 0) is 0 Å². The molecule has 0 atom stereocenters. The van der Waals surface area contributed by atoms with Gasteiger partial charge in [0.25, 0.3) is 0 Å². The Balaban J connectivity index is 3.07. The van der Waals surface area contributed by atoms with Crippen molar-refractivity contribution in [2.75, 3.05) is 0 Å². The van der Waals surface area contributed by atoms with Gasteiger partial charge in [-0.05, 0) is 31.4 Å². The normalized spacial score (nSPS) is 22.5. The van der Waals surface area contributed by atoms with Gasteiger partial charge in [0.1, 0.15) is 0 Å². The van der Waals surface area contributed by atoms with E-state index in [1.807, 2.05) is 0 Å². The highest BCUT2D eigenvalue weighted by atomic mass is 14.3. The van der Waals surface area contributed by atoms with Gasteiger partial charge in [0, 0.05) is 5.41 Å². The molecule has 0 aromatic rings. The van der Waals surface area contributed by atoms with Gasteiger partial charge in [-0.25, -0.2) is 0 Å². The Morgan fingerprint density at radius 3 is 2.00 bits per heavy atom. The molecule has 11 heavy (non-hydrogen) atoms. The standard InChI is InChI=1S/C11H18/c1-6-10-7-11(4,5)9(3)8(10)2/h7H,6H2,1-5H3. The van der Waals surface area contributed by atoms with Gasteiger partial charge in [-0.3, -0.25) is 0 Å². The van der Waals surface area contributed by atoms with Crippen molar-refractivity contribution in [3.8, 4) is 0 Å². The Morgan fingerprint density at radius 2 is 1.82 bits per heavy atom. The minimum atomic E-state index is 0.315. The lowest BCUT2D eigenvalue weighted by atomic mass is 9.88. The first kappa shape index (κ1) is 8.58. The molecule has 0 aromatic carbocycles. The van der Waals surface area contributed by atoms with Crippen molar-refractivity contribution in [1.82, 2.24) is 0 Å². The first-order chi connectivity index (χ1) is 4.99. The molecule has 1 aliphatic rings. The number of allylic oxidation sites excluding steroid dienone is 4. The minimum Gasteiger partial charge on any atom is -0.0713 e. The molecule has 0 unspecified atom stereocenters. The third kappa shape index (κ3) is 1.26. The van der Waals surface area contributed by atoms with Gasteiger partial charge in [-0.1, -0.05) is 32.4 Å². The Morgan fingerprint density at radius 1 is 1.27 bits per heavy atom. The molecule has 1 rings (SSSR count). The average molecular weight is 150 g/mol. The highest BCUT2D eigenvalue weighted by Crippen LogP contribution is 2.40. The summed E-state index contributed by atoms with van der Waals surface area (Å²) in [4.78, 5) is 0. The Labute approximate surface area is 70.0 Å². The zero-order valence-electron chi connectivity index (χ0n) is 8.28. The lowest BCUT2D eigenvalue weighted by Crippen LogP contribution is -2.05. The van der Waals surface area contributed by atoms with Gasteiger partial charge in [-0.15, -0.1) is 0 Å². The molecule has 0 bridgehead atoms. The first-order valence-electron chi connectivity index (χ1n) is 4.39. The highest BCUT2D eigenvalue weighted by Gasteiger charge is 2.25. The van der Waals surface area contributed by atoms with Crippen LogP contribution in [0.2, 0.25) is 0 Å². The van der Waals surface area contributed by atoms with Gasteiger partial charge in [0.2, 0.25) is 0 Å². The molecule has 0 spiro atoms. The fraction of sp³-hybridized carbons (Fsp3) is 0.636.